The largest absolute Gasteiger partial charge is 0.417 e. The molecule has 0 bridgehead atoms. The summed E-state index contributed by atoms with van der Waals surface area (Å²) < 4.78 is 53.0. The van der Waals surface area contributed by atoms with Crippen LogP contribution in [-0.4, -0.2) is 47.2 Å². The first-order chi connectivity index (χ1) is 14.7. The van der Waals surface area contributed by atoms with Crippen LogP contribution in [0.25, 0.3) is 10.8 Å². The van der Waals surface area contributed by atoms with Gasteiger partial charge in [0.05, 0.1) is 11.1 Å². The summed E-state index contributed by atoms with van der Waals surface area (Å²) in [6.07, 6.45) is -4.81. The van der Waals surface area contributed by atoms with Crippen LogP contribution < -0.4 is 4.90 Å². The Kier molecular flexibility index (Phi) is 4.37. The predicted molar refractivity (Wildman–Crippen MR) is 106 cm³/mol. The molecule has 0 N–H and O–H groups in total. The molecule has 0 aliphatic carbocycles. The van der Waals surface area contributed by atoms with Crippen molar-refractivity contribution in [3.05, 3.63) is 64.6 Å². The second-order valence-corrected chi connectivity index (χ2v) is 8.42. The number of nitrogens with zero attached hydrogens (tertiary/aromatic N) is 4. The topological polar surface area (TPSA) is 49.3 Å². The smallest absolute Gasteiger partial charge is 0.353 e. The van der Waals surface area contributed by atoms with Crippen molar-refractivity contribution in [1.29, 1.82) is 0 Å². The highest BCUT2D eigenvalue weighted by Crippen LogP contribution is 2.44. The van der Waals surface area contributed by atoms with Crippen LogP contribution in [0.4, 0.5) is 23.4 Å². The molecule has 5 rings (SSSR count). The van der Waals surface area contributed by atoms with E-state index < -0.39 is 29.0 Å². The number of carbonyl (C=O) groups is 1. The van der Waals surface area contributed by atoms with Gasteiger partial charge in [0.2, 0.25) is 0 Å². The highest BCUT2D eigenvalue weighted by molar-refractivity contribution is 6.34. The van der Waals surface area contributed by atoms with E-state index in [4.69, 9.17) is 11.6 Å². The number of amides is 1. The normalized spacial score (nSPS) is 17.6. The summed E-state index contributed by atoms with van der Waals surface area (Å²) in [5, 5.41) is 10.2. The van der Waals surface area contributed by atoms with Gasteiger partial charge in [-0.1, -0.05) is 35.9 Å². The first kappa shape index (κ1) is 20.0. The number of benzene rings is 2. The van der Waals surface area contributed by atoms with Crippen molar-refractivity contribution >= 4 is 34.1 Å². The lowest BCUT2D eigenvalue weighted by Crippen LogP contribution is -2.73. The third-order valence-corrected chi connectivity index (χ3v) is 6.11. The van der Waals surface area contributed by atoms with Crippen molar-refractivity contribution in [3.8, 4) is 0 Å². The molecule has 2 saturated heterocycles. The fraction of sp³-hybridized carbons (Fsp3) is 0.286. The van der Waals surface area contributed by atoms with E-state index in [2.05, 4.69) is 10.2 Å². The maximum Gasteiger partial charge on any atom is 0.417 e. The van der Waals surface area contributed by atoms with Crippen LogP contribution in [0.15, 0.2) is 42.5 Å². The fourth-order valence-electron chi connectivity index (χ4n) is 4.42. The average Bonchev–Trinajstić information content (AvgIpc) is 2.66. The summed E-state index contributed by atoms with van der Waals surface area (Å²) in [5.74, 6) is -1.09. The molecule has 2 aliphatic heterocycles. The van der Waals surface area contributed by atoms with Gasteiger partial charge in [-0.2, -0.15) is 13.2 Å². The minimum absolute atomic E-state index is 0.198. The highest BCUT2D eigenvalue weighted by Gasteiger charge is 2.54. The Bertz CT molecular complexity index is 1200. The van der Waals surface area contributed by atoms with Crippen LogP contribution in [0.2, 0.25) is 5.15 Å². The van der Waals surface area contributed by atoms with Gasteiger partial charge in [-0.05, 0) is 18.2 Å². The zero-order valence-electron chi connectivity index (χ0n) is 16.0. The number of rotatable bonds is 2. The molecule has 0 atom stereocenters. The molecule has 160 valence electrons. The van der Waals surface area contributed by atoms with Crippen LogP contribution in [0, 0.1) is 11.2 Å². The van der Waals surface area contributed by atoms with Crippen molar-refractivity contribution in [3.63, 3.8) is 0 Å². The molecule has 1 aromatic heterocycles. The maximum atomic E-state index is 13.3. The van der Waals surface area contributed by atoms with Gasteiger partial charge in [-0.3, -0.25) is 4.79 Å². The van der Waals surface area contributed by atoms with Gasteiger partial charge < -0.3 is 9.80 Å². The molecule has 5 nitrogen and oxygen atoms in total. The lowest BCUT2D eigenvalue weighted by atomic mass is 9.72. The van der Waals surface area contributed by atoms with Gasteiger partial charge in [0.1, 0.15) is 5.82 Å². The van der Waals surface area contributed by atoms with E-state index in [0.29, 0.717) is 43.2 Å². The molecular formula is C21H15ClF4N4O. The lowest BCUT2D eigenvalue weighted by Gasteiger charge is -2.60. The fourth-order valence-corrected chi connectivity index (χ4v) is 4.62. The molecule has 0 saturated carbocycles. The van der Waals surface area contributed by atoms with Crippen molar-refractivity contribution in [2.24, 2.45) is 5.41 Å². The number of likely N-dealkylation sites (tertiary alicyclic amines) is 1. The van der Waals surface area contributed by atoms with E-state index in [0.717, 1.165) is 22.9 Å². The first-order valence-electron chi connectivity index (χ1n) is 9.49. The molecule has 31 heavy (non-hydrogen) atoms. The second-order valence-electron chi connectivity index (χ2n) is 8.06. The van der Waals surface area contributed by atoms with Gasteiger partial charge >= 0.3 is 6.18 Å². The summed E-state index contributed by atoms with van der Waals surface area (Å²) >= 11 is 6.12. The van der Waals surface area contributed by atoms with Gasteiger partial charge in [-0.15, -0.1) is 10.2 Å². The molecule has 2 aromatic carbocycles. The Labute approximate surface area is 179 Å². The Morgan fingerprint density at radius 1 is 1.00 bits per heavy atom. The zero-order valence-corrected chi connectivity index (χ0v) is 16.7. The number of fused-ring (bicyclic) bond motifs is 1. The predicted octanol–water partition coefficient (Wildman–Crippen LogP) is 4.40. The molecule has 1 amide bonds. The third kappa shape index (κ3) is 3.27. The van der Waals surface area contributed by atoms with Crippen molar-refractivity contribution in [1.82, 2.24) is 15.1 Å². The number of hydrogen-bond donors (Lipinski definition) is 0. The lowest BCUT2D eigenvalue weighted by molar-refractivity contribution is -0.138. The van der Waals surface area contributed by atoms with Crippen molar-refractivity contribution in [2.45, 2.75) is 6.18 Å². The Morgan fingerprint density at radius 2 is 1.68 bits per heavy atom. The van der Waals surface area contributed by atoms with Gasteiger partial charge in [-0.25, -0.2) is 4.39 Å². The first-order valence-corrected chi connectivity index (χ1v) is 9.87. The summed E-state index contributed by atoms with van der Waals surface area (Å²) in [4.78, 5) is 16.0. The molecule has 0 radical (unpaired) electrons. The Morgan fingerprint density at radius 3 is 2.35 bits per heavy atom. The summed E-state index contributed by atoms with van der Waals surface area (Å²) in [6, 6.07) is 9.62. The monoisotopic (exact) mass is 450 g/mol. The summed E-state index contributed by atoms with van der Waals surface area (Å²) in [6.45, 7) is 1.87. The summed E-state index contributed by atoms with van der Waals surface area (Å²) in [5.41, 5.74) is -1.98. The number of alkyl halides is 3. The van der Waals surface area contributed by atoms with Crippen LogP contribution in [0.3, 0.4) is 0 Å². The minimum atomic E-state index is -4.81. The number of halogens is 5. The standard InChI is InChI=1S/C21H15ClF4N4O/c22-17-13-3-1-2-4-14(13)18(28-27-17)29-8-20(9-29)10-30(11-20)19(31)15-6-5-12(23)7-16(15)21(24,25)26/h1-7H,8-11H2. The molecule has 1 spiro atoms. The number of aromatic nitrogens is 2. The third-order valence-electron chi connectivity index (χ3n) is 5.83. The van der Waals surface area contributed by atoms with Gasteiger partial charge in [0, 0.05) is 42.4 Å². The van der Waals surface area contributed by atoms with Gasteiger partial charge in [0.15, 0.2) is 11.0 Å². The number of hydrogen-bond acceptors (Lipinski definition) is 4. The highest BCUT2D eigenvalue weighted by atomic mass is 35.5. The number of anilines is 1. The molecule has 2 fully saturated rings. The van der Waals surface area contributed by atoms with E-state index in [1.165, 1.54) is 4.90 Å². The molecule has 10 heteroatoms. The SMILES string of the molecule is O=C(c1ccc(F)cc1C(F)(F)F)N1CC2(C1)CN(c1nnc(Cl)c3ccccc13)C2. The minimum Gasteiger partial charge on any atom is -0.353 e. The van der Waals surface area contributed by atoms with E-state index in [9.17, 15) is 22.4 Å². The van der Waals surface area contributed by atoms with Crippen LogP contribution in [0.1, 0.15) is 15.9 Å². The van der Waals surface area contributed by atoms with E-state index >= 15 is 0 Å². The van der Waals surface area contributed by atoms with Crippen LogP contribution in [-0.2, 0) is 6.18 Å². The Hall–Kier alpha value is -2.94. The van der Waals surface area contributed by atoms with Gasteiger partial charge in [0.25, 0.3) is 5.91 Å². The van der Waals surface area contributed by atoms with Crippen molar-refractivity contribution < 1.29 is 22.4 Å². The molecular weight excluding hydrogens is 436 g/mol. The maximum absolute atomic E-state index is 13.3. The molecule has 3 heterocycles. The van der Waals surface area contributed by atoms with Crippen LogP contribution in [0.5, 0.6) is 0 Å². The van der Waals surface area contributed by atoms with E-state index in [1.807, 2.05) is 29.2 Å². The quantitative estimate of drug-likeness (QED) is 0.543. The zero-order chi connectivity index (χ0) is 22.0. The van der Waals surface area contributed by atoms with Crippen LogP contribution >= 0.6 is 11.6 Å². The molecule has 3 aromatic rings. The molecule has 0 unspecified atom stereocenters. The second kappa shape index (κ2) is 6.78. The van der Waals surface area contributed by atoms with E-state index in [1.54, 1.807) is 0 Å². The summed E-state index contributed by atoms with van der Waals surface area (Å²) in [7, 11) is 0. The average molecular weight is 451 g/mol. The Balaban J connectivity index is 1.30. The number of carbonyl (C=O) groups excluding carboxylic acids is 1. The van der Waals surface area contributed by atoms with E-state index in [-0.39, 0.29) is 5.41 Å². The van der Waals surface area contributed by atoms with Crippen molar-refractivity contribution in [2.75, 3.05) is 31.1 Å². The molecule has 2 aliphatic rings.